The maximum Gasteiger partial charge on any atom is 0.234 e. The molecule has 2 aromatic rings. The van der Waals surface area contributed by atoms with Gasteiger partial charge in [-0.15, -0.1) is 11.8 Å². The van der Waals surface area contributed by atoms with E-state index in [0.29, 0.717) is 18.1 Å². The maximum atomic E-state index is 12.3. The van der Waals surface area contributed by atoms with E-state index in [4.69, 9.17) is 4.74 Å². The Kier molecular flexibility index (Phi) is 6.32. The summed E-state index contributed by atoms with van der Waals surface area (Å²) in [6, 6.07) is 9.72. The van der Waals surface area contributed by atoms with E-state index in [1.54, 1.807) is 11.8 Å². The van der Waals surface area contributed by atoms with Gasteiger partial charge in [0.1, 0.15) is 5.75 Å². The van der Waals surface area contributed by atoms with E-state index in [-0.39, 0.29) is 5.91 Å². The fraction of sp³-hybridized carbons (Fsp3) is 0.350. The van der Waals surface area contributed by atoms with Crippen LogP contribution >= 0.6 is 11.8 Å². The van der Waals surface area contributed by atoms with Crippen LogP contribution in [-0.2, 0) is 4.79 Å². The summed E-state index contributed by atoms with van der Waals surface area (Å²) in [4.78, 5) is 13.6. The Morgan fingerprint density at radius 3 is 2.33 bits per heavy atom. The first-order chi connectivity index (χ1) is 11.4. The molecular formula is C20H25NO2S. The van der Waals surface area contributed by atoms with Crippen molar-refractivity contribution in [2.75, 3.05) is 17.7 Å². The average molecular weight is 343 g/mol. The van der Waals surface area contributed by atoms with Crippen molar-refractivity contribution in [2.45, 2.75) is 39.5 Å². The molecule has 128 valence electrons. The van der Waals surface area contributed by atoms with Crippen LogP contribution in [0.25, 0.3) is 0 Å². The number of carbonyl (C=O) groups excluding carboxylic acids is 1. The lowest BCUT2D eigenvalue weighted by Crippen LogP contribution is -2.15. The van der Waals surface area contributed by atoms with E-state index < -0.39 is 0 Å². The lowest BCUT2D eigenvalue weighted by molar-refractivity contribution is -0.113. The van der Waals surface area contributed by atoms with Crippen molar-refractivity contribution in [1.82, 2.24) is 0 Å². The van der Waals surface area contributed by atoms with E-state index in [2.05, 4.69) is 39.1 Å². The molecule has 2 rings (SSSR count). The largest absolute Gasteiger partial charge is 0.492 e. The minimum Gasteiger partial charge on any atom is -0.492 e. The molecule has 0 saturated carbocycles. The predicted molar refractivity (Wildman–Crippen MR) is 102 cm³/mol. The summed E-state index contributed by atoms with van der Waals surface area (Å²) >= 11 is 1.60. The number of thioether (sulfide) groups is 1. The van der Waals surface area contributed by atoms with Gasteiger partial charge < -0.3 is 10.1 Å². The van der Waals surface area contributed by atoms with Crippen LogP contribution in [0.15, 0.2) is 35.2 Å². The highest BCUT2D eigenvalue weighted by molar-refractivity contribution is 8.00. The second kappa shape index (κ2) is 8.25. The summed E-state index contributed by atoms with van der Waals surface area (Å²) < 4.78 is 5.55. The second-order valence-corrected chi connectivity index (χ2v) is 6.84. The quantitative estimate of drug-likeness (QED) is 0.746. The van der Waals surface area contributed by atoms with Gasteiger partial charge in [-0.05, 0) is 69.0 Å². The molecule has 3 nitrogen and oxygen atoms in total. The predicted octanol–water partition coefficient (Wildman–Crippen LogP) is 5.05. The van der Waals surface area contributed by atoms with Gasteiger partial charge in [0.15, 0.2) is 0 Å². The Bertz CT molecular complexity index is 714. The smallest absolute Gasteiger partial charge is 0.234 e. The Labute approximate surface area is 148 Å². The van der Waals surface area contributed by atoms with Gasteiger partial charge in [0.2, 0.25) is 5.91 Å². The van der Waals surface area contributed by atoms with E-state index in [1.807, 2.05) is 31.2 Å². The first-order valence-corrected chi connectivity index (χ1v) is 9.14. The molecule has 0 bridgehead atoms. The second-order valence-electron chi connectivity index (χ2n) is 5.86. The van der Waals surface area contributed by atoms with E-state index in [9.17, 15) is 4.79 Å². The third-order valence-electron chi connectivity index (χ3n) is 4.11. The van der Waals surface area contributed by atoms with Gasteiger partial charge >= 0.3 is 0 Å². The molecule has 0 aliphatic carbocycles. The summed E-state index contributed by atoms with van der Waals surface area (Å²) in [6.07, 6.45) is 0. The molecule has 0 aromatic heterocycles. The summed E-state index contributed by atoms with van der Waals surface area (Å²) in [7, 11) is 0. The Morgan fingerprint density at radius 2 is 1.71 bits per heavy atom. The third kappa shape index (κ3) is 4.32. The third-order valence-corrected chi connectivity index (χ3v) is 5.41. The number of carbonyl (C=O) groups is 1. The van der Waals surface area contributed by atoms with E-state index in [0.717, 1.165) is 5.69 Å². The molecule has 24 heavy (non-hydrogen) atoms. The van der Waals surface area contributed by atoms with Gasteiger partial charge in [-0.2, -0.15) is 0 Å². The van der Waals surface area contributed by atoms with Gasteiger partial charge in [-0.3, -0.25) is 4.79 Å². The van der Waals surface area contributed by atoms with Crippen LogP contribution in [-0.4, -0.2) is 18.3 Å². The van der Waals surface area contributed by atoms with Gasteiger partial charge in [0, 0.05) is 4.90 Å². The number of anilines is 1. The number of para-hydroxylation sites is 2. The van der Waals surface area contributed by atoms with E-state index in [1.165, 1.54) is 27.1 Å². The molecule has 0 spiro atoms. The van der Waals surface area contributed by atoms with Crippen molar-refractivity contribution in [3.05, 3.63) is 52.6 Å². The van der Waals surface area contributed by atoms with Crippen molar-refractivity contribution in [3.8, 4) is 5.75 Å². The Balaban J connectivity index is 2.07. The molecule has 0 atom stereocenters. The van der Waals surface area contributed by atoms with Crippen molar-refractivity contribution < 1.29 is 9.53 Å². The number of hydrogen-bond donors (Lipinski definition) is 1. The van der Waals surface area contributed by atoms with Crippen molar-refractivity contribution in [2.24, 2.45) is 0 Å². The number of rotatable bonds is 6. The SMILES string of the molecule is CCOc1ccccc1NC(=O)CSc1c(C)c(C)cc(C)c1C. The molecule has 0 aliphatic rings. The number of benzene rings is 2. The number of hydrogen-bond acceptors (Lipinski definition) is 3. The maximum absolute atomic E-state index is 12.3. The summed E-state index contributed by atoms with van der Waals surface area (Å²) in [5.74, 6) is 1.06. The molecule has 1 amide bonds. The molecule has 0 saturated heterocycles. The fourth-order valence-corrected chi connectivity index (χ4v) is 3.68. The van der Waals surface area contributed by atoms with Gasteiger partial charge in [-0.25, -0.2) is 0 Å². The van der Waals surface area contributed by atoms with Gasteiger partial charge in [0.05, 0.1) is 18.0 Å². The monoisotopic (exact) mass is 343 g/mol. The van der Waals surface area contributed by atoms with Crippen molar-refractivity contribution in [1.29, 1.82) is 0 Å². The van der Waals surface area contributed by atoms with Crippen LogP contribution in [0, 0.1) is 27.7 Å². The minimum absolute atomic E-state index is 0.0230. The Hall–Kier alpha value is -1.94. The molecular weight excluding hydrogens is 318 g/mol. The zero-order chi connectivity index (χ0) is 17.7. The molecule has 0 aliphatic heterocycles. The van der Waals surface area contributed by atoms with Crippen LogP contribution in [0.3, 0.4) is 0 Å². The number of ether oxygens (including phenoxy) is 1. The topological polar surface area (TPSA) is 38.3 Å². The summed E-state index contributed by atoms with van der Waals surface area (Å²) in [5.41, 5.74) is 5.76. The number of nitrogens with one attached hydrogen (secondary N) is 1. The highest BCUT2D eigenvalue weighted by Crippen LogP contribution is 2.31. The number of aryl methyl sites for hydroxylation is 2. The lowest BCUT2D eigenvalue weighted by Gasteiger charge is -2.15. The van der Waals surface area contributed by atoms with Crippen molar-refractivity contribution >= 4 is 23.4 Å². The van der Waals surface area contributed by atoms with Crippen LogP contribution in [0.2, 0.25) is 0 Å². The normalized spacial score (nSPS) is 10.5. The average Bonchev–Trinajstić information content (AvgIpc) is 2.55. The first-order valence-electron chi connectivity index (χ1n) is 8.16. The standard InChI is InChI=1S/C20H25NO2S/c1-6-23-18-10-8-7-9-17(18)21-19(22)12-24-20-15(4)13(2)11-14(3)16(20)5/h7-11H,6,12H2,1-5H3,(H,21,22). The lowest BCUT2D eigenvalue weighted by atomic mass is 10.0. The van der Waals surface area contributed by atoms with Crippen molar-refractivity contribution in [3.63, 3.8) is 0 Å². The van der Waals surface area contributed by atoms with Crippen LogP contribution in [0.4, 0.5) is 5.69 Å². The fourth-order valence-electron chi connectivity index (χ4n) is 2.57. The van der Waals surface area contributed by atoms with Gasteiger partial charge in [-0.1, -0.05) is 18.2 Å². The Morgan fingerprint density at radius 1 is 1.08 bits per heavy atom. The molecule has 0 heterocycles. The highest BCUT2D eigenvalue weighted by atomic mass is 32.2. The highest BCUT2D eigenvalue weighted by Gasteiger charge is 2.12. The summed E-state index contributed by atoms with van der Waals surface area (Å²) in [5, 5.41) is 2.95. The van der Waals surface area contributed by atoms with Crippen LogP contribution in [0.5, 0.6) is 5.75 Å². The first kappa shape index (κ1) is 18.4. The molecule has 4 heteroatoms. The minimum atomic E-state index is -0.0230. The van der Waals surface area contributed by atoms with Crippen LogP contribution < -0.4 is 10.1 Å². The zero-order valence-electron chi connectivity index (χ0n) is 15.0. The van der Waals surface area contributed by atoms with Gasteiger partial charge in [0.25, 0.3) is 0 Å². The molecule has 0 unspecified atom stereocenters. The van der Waals surface area contributed by atoms with E-state index >= 15 is 0 Å². The van der Waals surface area contributed by atoms with Crippen LogP contribution in [0.1, 0.15) is 29.2 Å². The summed E-state index contributed by atoms with van der Waals surface area (Å²) in [6.45, 7) is 11.0. The number of amides is 1. The molecule has 1 N–H and O–H groups in total. The zero-order valence-corrected chi connectivity index (χ0v) is 15.8. The molecule has 0 radical (unpaired) electrons. The molecule has 0 fully saturated rings. The molecule has 2 aromatic carbocycles.